The molecule has 7 nitrogen and oxygen atoms in total. The normalized spacial score (nSPS) is 17.9. The summed E-state index contributed by atoms with van der Waals surface area (Å²) < 4.78 is 29.4. The summed E-state index contributed by atoms with van der Waals surface area (Å²) >= 11 is 0. The molecule has 2 aliphatic rings. The summed E-state index contributed by atoms with van der Waals surface area (Å²) in [6.07, 6.45) is 3.69. The van der Waals surface area contributed by atoms with Crippen molar-refractivity contribution in [1.29, 1.82) is 0 Å². The number of benzene rings is 1. The zero-order valence-corrected chi connectivity index (χ0v) is 17.9. The van der Waals surface area contributed by atoms with Crippen LogP contribution in [-0.2, 0) is 34.3 Å². The number of hydrogen-bond donors (Lipinski definition) is 0. The lowest BCUT2D eigenvalue weighted by Crippen LogP contribution is -2.38. The van der Waals surface area contributed by atoms with Crippen molar-refractivity contribution in [3.63, 3.8) is 0 Å². The maximum absolute atomic E-state index is 13.1. The summed E-state index contributed by atoms with van der Waals surface area (Å²) in [6, 6.07) is 8.18. The second kappa shape index (κ2) is 7.91. The fraction of sp³-hybridized carbons (Fsp3) is 0.524. The van der Waals surface area contributed by atoms with E-state index in [9.17, 15) is 13.2 Å². The second-order valence-electron chi connectivity index (χ2n) is 7.96. The number of nitrogens with zero attached hydrogens (tertiary/aromatic N) is 4. The minimum absolute atomic E-state index is 0.0352. The Morgan fingerprint density at radius 2 is 1.72 bits per heavy atom. The lowest BCUT2D eigenvalue weighted by atomic mass is 10.00. The average Bonchev–Trinajstić information content (AvgIpc) is 3.01. The van der Waals surface area contributed by atoms with Crippen molar-refractivity contribution in [3.05, 3.63) is 46.8 Å². The Kier molecular flexibility index (Phi) is 5.48. The standard InChI is InChI=1S/C21H28N4O3S/c1-16-21(29(27,28)24-11-6-3-7-12-24)17(2)25(22-16)15-20(26)23-13-10-18-8-4-5-9-19(18)14-23/h4-5,8-9H,3,6-7,10-15H2,1-2H3. The molecule has 2 aromatic rings. The highest BCUT2D eigenvalue weighted by molar-refractivity contribution is 7.89. The molecule has 1 saturated heterocycles. The highest BCUT2D eigenvalue weighted by Gasteiger charge is 2.32. The number of piperidine rings is 1. The first-order valence-electron chi connectivity index (χ1n) is 10.3. The van der Waals surface area contributed by atoms with Gasteiger partial charge in [0.1, 0.15) is 11.4 Å². The first kappa shape index (κ1) is 20.1. The molecule has 0 unspecified atom stereocenters. The molecule has 1 fully saturated rings. The summed E-state index contributed by atoms with van der Waals surface area (Å²) in [7, 11) is -3.58. The minimum atomic E-state index is -3.58. The topological polar surface area (TPSA) is 75.5 Å². The Bertz CT molecular complexity index is 1020. The first-order valence-corrected chi connectivity index (χ1v) is 11.7. The average molecular weight is 417 g/mol. The molecular formula is C21H28N4O3S. The fourth-order valence-corrected chi connectivity index (χ4v) is 6.27. The molecular weight excluding hydrogens is 388 g/mol. The summed E-state index contributed by atoms with van der Waals surface area (Å²) in [6.45, 7) is 5.89. The van der Waals surface area contributed by atoms with E-state index >= 15 is 0 Å². The molecule has 0 N–H and O–H groups in total. The van der Waals surface area contributed by atoms with Gasteiger partial charge in [-0.05, 0) is 44.2 Å². The van der Waals surface area contributed by atoms with E-state index in [1.807, 2.05) is 17.0 Å². The lowest BCUT2D eigenvalue weighted by Gasteiger charge is -2.29. The Hall–Kier alpha value is -2.19. The van der Waals surface area contributed by atoms with E-state index in [0.29, 0.717) is 37.6 Å². The van der Waals surface area contributed by atoms with Gasteiger partial charge < -0.3 is 4.90 Å². The molecule has 0 radical (unpaired) electrons. The fourth-order valence-electron chi connectivity index (χ4n) is 4.38. The van der Waals surface area contributed by atoms with Crippen LogP contribution in [-0.4, -0.2) is 52.9 Å². The number of rotatable bonds is 4. The van der Waals surface area contributed by atoms with E-state index in [4.69, 9.17) is 0 Å². The van der Waals surface area contributed by atoms with Gasteiger partial charge in [-0.1, -0.05) is 30.7 Å². The van der Waals surface area contributed by atoms with Crippen LogP contribution >= 0.6 is 0 Å². The predicted octanol–water partition coefficient (Wildman–Crippen LogP) is 2.26. The minimum Gasteiger partial charge on any atom is -0.336 e. The molecule has 3 heterocycles. The molecule has 2 aliphatic heterocycles. The summed E-state index contributed by atoms with van der Waals surface area (Å²) in [5.41, 5.74) is 3.47. The molecule has 1 aromatic carbocycles. The van der Waals surface area contributed by atoms with Crippen molar-refractivity contribution in [3.8, 4) is 0 Å². The van der Waals surface area contributed by atoms with Gasteiger partial charge in [0.2, 0.25) is 15.9 Å². The second-order valence-corrected chi connectivity index (χ2v) is 9.83. The molecule has 0 saturated carbocycles. The maximum Gasteiger partial charge on any atom is 0.246 e. The molecule has 0 bridgehead atoms. The van der Waals surface area contributed by atoms with E-state index in [-0.39, 0.29) is 17.3 Å². The summed E-state index contributed by atoms with van der Waals surface area (Å²) in [5, 5.41) is 4.41. The van der Waals surface area contributed by atoms with Crippen LogP contribution in [0, 0.1) is 13.8 Å². The van der Waals surface area contributed by atoms with Crippen molar-refractivity contribution in [2.75, 3.05) is 19.6 Å². The largest absolute Gasteiger partial charge is 0.336 e. The summed E-state index contributed by atoms with van der Waals surface area (Å²) in [4.78, 5) is 15.0. The highest BCUT2D eigenvalue weighted by atomic mass is 32.2. The van der Waals surface area contributed by atoms with Gasteiger partial charge in [0.05, 0.1) is 11.4 Å². The zero-order chi connectivity index (χ0) is 20.6. The van der Waals surface area contributed by atoms with E-state index < -0.39 is 10.0 Å². The number of carbonyl (C=O) groups is 1. The Labute approximate surface area is 172 Å². The Morgan fingerprint density at radius 1 is 1.03 bits per heavy atom. The number of sulfonamides is 1. The van der Waals surface area contributed by atoms with Gasteiger partial charge >= 0.3 is 0 Å². The monoisotopic (exact) mass is 416 g/mol. The predicted molar refractivity (Wildman–Crippen MR) is 110 cm³/mol. The third-order valence-electron chi connectivity index (χ3n) is 6.00. The lowest BCUT2D eigenvalue weighted by molar-refractivity contribution is -0.133. The third-order valence-corrected chi connectivity index (χ3v) is 8.15. The molecule has 0 spiro atoms. The number of carbonyl (C=O) groups excluding carboxylic acids is 1. The van der Waals surface area contributed by atoms with Crippen LogP contribution in [0.2, 0.25) is 0 Å². The number of aryl methyl sites for hydroxylation is 1. The van der Waals surface area contributed by atoms with Crippen LogP contribution in [0.1, 0.15) is 41.8 Å². The molecule has 4 rings (SSSR count). The molecule has 8 heteroatoms. The van der Waals surface area contributed by atoms with Crippen LogP contribution in [0.5, 0.6) is 0 Å². The van der Waals surface area contributed by atoms with Crippen LogP contribution in [0.25, 0.3) is 0 Å². The molecule has 0 aliphatic carbocycles. The number of hydrogen-bond acceptors (Lipinski definition) is 4. The Balaban J connectivity index is 1.53. The SMILES string of the molecule is Cc1nn(CC(=O)N2CCc3ccccc3C2)c(C)c1S(=O)(=O)N1CCCCC1. The number of amides is 1. The van der Waals surface area contributed by atoms with Crippen LogP contribution in [0.15, 0.2) is 29.2 Å². The van der Waals surface area contributed by atoms with Crippen molar-refractivity contribution in [2.45, 2.75) is 57.5 Å². The summed E-state index contributed by atoms with van der Waals surface area (Å²) in [5.74, 6) is -0.0352. The van der Waals surface area contributed by atoms with Gasteiger partial charge in [0, 0.05) is 26.2 Å². The quantitative estimate of drug-likeness (QED) is 0.766. The maximum atomic E-state index is 13.1. The van der Waals surface area contributed by atoms with Gasteiger partial charge in [0.25, 0.3) is 0 Å². The molecule has 1 amide bonds. The van der Waals surface area contributed by atoms with E-state index in [0.717, 1.165) is 25.7 Å². The van der Waals surface area contributed by atoms with Gasteiger partial charge in [-0.15, -0.1) is 0 Å². The smallest absolute Gasteiger partial charge is 0.246 e. The number of fused-ring (bicyclic) bond motifs is 1. The molecule has 1 aromatic heterocycles. The van der Waals surface area contributed by atoms with Crippen molar-refractivity contribution in [1.82, 2.24) is 19.0 Å². The molecule has 29 heavy (non-hydrogen) atoms. The van der Waals surface area contributed by atoms with Crippen LogP contribution < -0.4 is 0 Å². The highest BCUT2D eigenvalue weighted by Crippen LogP contribution is 2.26. The van der Waals surface area contributed by atoms with Crippen molar-refractivity contribution < 1.29 is 13.2 Å². The van der Waals surface area contributed by atoms with Gasteiger partial charge in [-0.3, -0.25) is 9.48 Å². The molecule has 156 valence electrons. The van der Waals surface area contributed by atoms with Gasteiger partial charge in [-0.2, -0.15) is 9.40 Å². The van der Waals surface area contributed by atoms with E-state index in [1.165, 1.54) is 11.1 Å². The zero-order valence-electron chi connectivity index (χ0n) is 17.1. The van der Waals surface area contributed by atoms with E-state index in [2.05, 4.69) is 17.2 Å². The third kappa shape index (κ3) is 3.83. The van der Waals surface area contributed by atoms with Gasteiger partial charge in [-0.25, -0.2) is 8.42 Å². The van der Waals surface area contributed by atoms with Crippen LogP contribution in [0.3, 0.4) is 0 Å². The van der Waals surface area contributed by atoms with Crippen LogP contribution in [0.4, 0.5) is 0 Å². The Morgan fingerprint density at radius 3 is 2.45 bits per heavy atom. The number of aromatic nitrogens is 2. The molecule has 0 atom stereocenters. The first-order chi connectivity index (χ1) is 13.9. The van der Waals surface area contributed by atoms with Crippen molar-refractivity contribution >= 4 is 15.9 Å². The van der Waals surface area contributed by atoms with Crippen molar-refractivity contribution in [2.24, 2.45) is 0 Å². The van der Waals surface area contributed by atoms with Gasteiger partial charge in [0.15, 0.2) is 0 Å². The van der Waals surface area contributed by atoms with E-state index in [1.54, 1.807) is 22.8 Å².